The van der Waals surface area contributed by atoms with Crippen LogP contribution in [0.25, 0.3) is 0 Å². The topological polar surface area (TPSA) is 55.3 Å². The summed E-state index contributed by atoms with van der Waals surface area (Å²) in [6.07, 6.45) is 2.39. The summed E-state index contributed by atoms with van der Waals surface area (Å²) in [5.41, 5.74) is 0.250. The Balaban J connectivity index is 2.12. The number of carbonyl (C=O) groups is 1. The number of esters is 1. The number of ether oxygens (including phenoxy) is 1. The van der Waals surface area contributed by atoms with Gasteiger partial charge in [-0.1, -0.05) is 0 Å². The van der Waals surface area contributed by atoms with Crippen molar-refractivity contribution in [3.05, 3.63) is 17.8 Å². The lowest BCUT2D eigenvalue weighted by Gasteiger charge is -2.14. The normalized spacial score (nSPS) is 15.4. The van der Waals surface area contributed by atoms with E-state index in [1.165, 1.54) is 20.0 Å². The summed E-state index contributed by atoms with van der Waals surface area (Å²) >= 11 is 0. The number of hydrogen-bond donors (Lipinski definition) is 0. The van der Waals surface area contributed by atoms with Crippen LogP contribution >= 0.6 is 0 Å². The van der Waals surface area contributed by atoms with Gasteiger partial charge in [-0.05, 0) is 25.0 Å². The molecular weight excluding hydrogens is 194 g/mol. The van der Waals surface area contributed by atoms with Crippen LogP contribution < -0.4 is 4.90 Å². The molecule has 0 N–H and O–H groups in total. The second-order valence-corrected chi connectivity index (χ2v) is 3.46. The zero-order chi connectivity index (χ0) is 10.7. The molecule has 0 bridgehead atoms. The van der Waals surface area contributed by atoms with E-state index in [0.717, 1.165) is 18.9 Å². The zero-order valence-corrected chi connectivity index (χ0v) is 8.64. The first-order valence-electron chi connectivity index (χ1n) is 4.98. The van der Waals surface area contributed by atoms with Gasteiger partial charge in [0.25, 0.3) is 0 Å². The van der Waals surface area contributed by atoms with Crippen molar-refractivity contribution < 1.29 is 9.53 Å². The molecule has 1 aromatic rings. The van der Waals surface area contributed by atoms with Gasteiger partial charge in [0.15, 0.2) is 11.5 Å². The van der Waals surface area contributed by atoms with E-state index in [9.17, 15) is 4.79 Å². The first kappa shape index (κ1) is 9.89. The minimum absolute atomic E-state index is 0.250. The highest BCUT2D eigenvalue weighted by Gasteiger charge is 2.15. The van der Waals surface area contributed by atoms with Crippen LogP contribution in [-0.2, 0) is 4.74 Å². The molecule has 0 amide bonds. The Bertz CT molecular complexity index is 344. The molecule has 5 heteroatoms. The number of nitrogens with zero attached hydrogens (tertiary/aromatic N) is 3. The highest BCUT2D eigenvalue weighted by atomic mass is 16.5. The van der Waals surface area contributed by atoms with Gasteiger partial charge in [-0.2, -0.15) is 0 Å². The number of rotatable bonds is 2. The van der Waals surface area contributed by atoms with E-state index in [2.05, 4.69) is 19.8 Å². The Kier molecular flexibility index (Phi) is 2.80. The van der Waals surface area contributed by atoms with Crippen LogP contribution in [0.3, 0.4) is 0 Å². The van der Waals surface area contributed by atoms with Crippen molar-refractivity contribution in [2.24, 2.45) is 0 Å². The van der Waals surface area contributed by atoms with Crippen molar-refractivity contribution >= 4 is 11.8 Å². The van der Waals surface area contributed by atoms with Crippen molar-refractivity contribution in [3.63, 3.8) is 0 Å². The summed E-state index contributed by atoms with van der Waals surface area (Å²) < 4.78 is 4.55. The average Bonchev–Trinajstić information content (AvgIpc) is 2.82. The van der Waals surface area contributed by atoms with Gasteiger partial charge in [0, 0.05) is 13.1 Å². The molecule has 0 spiro atoms. The highest BCUT2D eigenvalue weighted by Crippen LogP contribution is 2.16. The monoisotopic (exact) mass is 207 g/mol. The maximum Gasteiger partial charge on any atom is 0.358 e. The number of carbonyl (C=O) groups excluding carboxylic acids is 1. The van der Waals surface area contributed by atoms with Crippen molar-refractivity contribution in [2.75, 3.05) is 25.1 Å². The largest absolute Gasteiger partial charge is 0.464 e. The lowest BCUT2D eigenvalue weighted by atomic mass is 10.4. The van der Waals surface area contributed by atoms with Crippen LogP contribution in [0.2, 0.25) is 0 Å². The van der Waals surface area contributed by atoms with E-state index in [0.29, 0.717) is 0 Å². The number of aromatic nitrogens is 2. The molecule has 5 nitrogen and oxygen atoms in total. The number of anilines is 1. The molecule has 0 unspecified atom stereocenters. The van der Waals surface area contributed by atoms with E-state index in [1.807, 2.05) is 6.07 Å². The SMILES string of the molecule is COC(=O)c1ccc(N2CCCC2)nn1. The number of methoxy groups -OCH3 is 1. The van der Waals surface area contributed by atoms with E-state index >= 15 is 0 Å². The molecule has 0 radical (unpaired) electrons. The molecule has 0 aromatic carbocycles. The summed E-state index contributed by atoms with van der Waals surface area (Å²) in [5.74, 6) is 0.385. The predicted octanol–water partition coefficient (Wildman–Crippen LogP) is 0.863. The van der Waals surface area contributed by atoms with E-state index in [4.69, 9.17) is 0 Å². The highest BCUT2D eigenvalue weighted by molar-refractivity contribution is 5.86. The minimum atomic E-state index is -0.449. The summed E-state index contributed by atoms with van der Waals surface area (Å²) in [5, 5.41) is 7.83. The summed E-state index contributed by atoms with van der Waals surface area (Å²) in [6, 6.07) is 3.46. The van der Waals surface area contributed by atoms with Gasteiger partial charge in [-0.3, -0.25) is 0 Å². The molecule has 0 saturated carbocycles. The van der Waals surface area contributed by atoms with Gasteiger partial charge in [-0.25, -0.2) is 4.79 Å². The summed E-state index contributed by atoms with van der Waals surface area (Å²) in [7, 11) is 1.33. The molecular formula is C10H13N3O2. The Morgan fingerprint density at radius 3 is 2.60 bits per heavy atom. The quantitative estimate of drug-likeness (QED) is 0.673. The third kappa shape index (κ3) is 2.06. The van der Waals surface area contributed by atoms with Crippen molar-refractivity contribution in [3.8, 4) is 0 Å². The maximum atomic E-state index is 11.1. The molecule has 0 atom stereocenters. The Morgan fingerprint density at radius 2 is 2.07 bits per heavy atom. The fourth-order valence-electron chi connectivity index (χ4n) is 1.65. The molecule has 2 heterocycles. The zero-order valence-electron chi connectivity index (χ0n) is 8.64. The van der Waals surface area contributed by atoms with Gasteiger partial charge < -0.3 is 9.64 Å². The predicted molar refractivity (Wildman–Crippen MR) is 54.8 cm³/mol. The first-order valence-corrected chi connectivity index (χ1v) is 4.98. The number of hydrogen-bond acceptors (Lipinski definition) is 5. The molecule has 80 valence electrons. The average molecular weight is 207 g/mol. The van der Waals surface area contributed by atoms with Gasteiger partial charge in [0.1, 0.15) is 0 Å². The second-order valence-electron chi connectivity index (χ2n) is 3.46. The molecule has 1 aromatic heterocycles. The van der Waals surface area contributed by atoms with Gasteiger partial charge >= 0.3 is 5.97 Å². The smallest absolute Gasteiger partial charge is 0.358 e. The minimum Gasteiger partial charge on any atom is -0.464 e. The lowest BCUT2D eigenvalue weighted by molar-refractivity contribution is 0.0592. The van der Waals surface area contributed by atoms with Crippen LogP contribution in [0.5, 0.6) is 0 Å². The Hall–Kier alpha value is -1.65. The van der Waals surface area contributed by atoms with Crippen LogP contribution in [-0.4, -0.2) is 36.4 Å². The molecule has 15 heavy (non-hydrogen) atoms. The fraction of sp³-hybridized carbons (Fsp3) is 0.500. The maximum absolute atomic E-state index is 11.1. The summed E-state index contributed by atoms with van der Waals surface area (Å²) in [4.78, 5) is 13.3. The van der Waals surface area contributed by atoms with Crippen LogP contribution in [0.4, 0.5) is 5.82 Å². The second kappa shape index (κ2) is 4.25. The van der Waals surface area contributed by atoms with Crippen molar-refractivity contribution in [1.29, 1.82) is 0 Å². The Morgan fingerprint density at radius 1 is 1.33 bits per heavy atom. The van der Waals surface area contributed by atoms with Gasteiger partial charge in [0.05, 0.1) is 7.11 Å². The lowest BCUT2D eigenvalue weighted by Crippen LogP contribution is -2.20. The first-order chi connectivity index (χ1) is 7.31. The van der Waals surface area contributed by atoms with E-state index in [1.54, 1.807) is 6.07 Å². The Labute approximate surface area is 88.1 Å². The van der Waals surface area contributed by atoms with E-state index < -0.39 is 5.97 Å². The van der Waals surface area contributed by atoms with E-state index in [-0.39, 0.29) is 5.69 Å². The van der Waals surface area contributed by atoms with Crippen LogP contribution in [0.15, 0.2) is 12.1 Å². The van der Waals surface area contributed by atoms with Gasteiger partial charge in [-0.15, -0.1) is 10.2 Å². The standard InChI is InChI=1S/C10H13N3O2/c1-15-10(14)8-4-5-9(12-11-8)13-6-2-3-7-13/h4-5H,2-3,6-7H2,1H3. The van der Waals surface area contributed by atoms with Crippen molar-refractivity contribution in [1.82, 2.24) is 10.2 Å². The van der Waals surface area contributed by atoms with Crippen molar-refractivity contribution in [2.45, 2.75) is 12.8 Å². The third-order valence-electron chi connectivity index (χ3n) is 2.48. The molecule has 1 fully saturated rings. The van der Waals surface area contributed by atoms with Crippen LogP contribution in [0.1, 0.15) is 23.3 Å². The van der Waals surface area contributed by atoms with Crippen LogP contribution in [0, 0.1) is 0 Å². The van der Waals surface area contributed by atoms with Gasteiger partial charge in [0.2, 0.25) is 0 Å². The fourth-order valence-corrected chi connectivity index (χ4v) is 1.65. The molecule has 1 aliphatic rings. The molecule has 1 saturated heterocycles. The molecule has 0 aliphatic carbocycles. The molecule has 1 aliphatic heterocycles. The summed E-state index contributed by atoms with van der Waals surface area (Å²) in [6.45, 7) is 2.04. The third-order valence-corrected chi connectivity index (χ3v) is 2.48. The molecule has 2 rings (SSSR count).